The maximum Gasteiger partial charge on any atom is 0.297 e. The van der Waals surface area contributed by atoms with Crippen LogP contribution in [0.3, 0.4) is 0 Å². The predicted molar refractivity (Wildman–Crippen MR) is 147 cm³/mol. The zero-order valence-electron chi connectivity index (χ0n) is 22.9. The number of carbonyl (C=O) groups excluding carboxylic acids is 1. The van der Waals surface area contributed by atoms with E-state index in [-0.39, 0.29) is 36.4 Å². The van der Waals surface area contributed by atoms with Crippen LogP contribution in [0.5, 0.6) is 0 Å². The van der Waals surface area contributed by atoms with Gasteiger partial charge in [-0.2, -0.15) is 8.42 Å². The van der Waals surface area contributed by atoms with Crippen LogP contribution in [-0.2, 0) is 47.5 Å². The Balaban J connectivity index is 0.000000794. The third-order valence-electron chi connectivity index (χ3n) is 4.27. The lowest BCUT2D eigenvalue weighted by molar-refractivity contribution is -0.109. The Kier molecular flexibility index (Phi) is 26.2. The maximum atomic E-state index is 11.9. The molecule has 12 nitrogen and oxygen atoms in total. The molecule has 0 saturated carbocycles. The van der Waals surface area contributed by atoms with Crippen LogP contribution in [0.1, 0.15) is 12.5 Å². The van der Waals surface area contributed by atoms with Crippen LogP contribution in [0.2, 0.25) is 0 Å². The fourth-order valence-corrected chi connectivity index (χ4v) is 3.81. The van der Waals surface area contributed by atoms with E-state index < -0.39 is 10.1 Å². The number of aliphatic hydroxyl groups excluding tert-OH is 2. The fourth-order valence-electron chi connectivity index (χ4n) is 2.43. The molecule has 0 heterocycles. The Morgan fingerprint density at radius 3 is 1.46 bits per heavy atom. The minimum Gasteiger partial charge on any atom is -0.394 e. The number of benzene rings is 1. The Bertz CT molecular complexity index is 791. The monoisotopic (exact) mass is 600 g/mol. The minimum atomic E-state index is -3.74. The van der Waals surface area contributed by atoms with E-state index in [2.05, 4.69) is 0 Å². The number of thioether (sulfide) groups is 1. The van der Waals surface area contributed by atoms with E-state index in [9.17, 15) is 13.2 Å². The molecule has 39 heavy (non-hydrogen) atoms. The highest BCUT2D eigenvalue weighted by atomic mass is 32.2. The van der Waals surface area contributed by atoms with Gasteiger partial charge >= 0.3 is 0 Å². The molecule has 0 aromatic heterocycles. The molecule has 14 heteroatoms. The van der Waals surface area contributed by atoms with Crippen LogP contribution in [-0.4, -0.2) is 129 Å². The number of carbonyl (C=O) groups is 1. The Morgan fingerprint density at radius 1 is 0.667 bits per heavy atom. The number of hydrogen-bond acceptors (Lipinski definition) is 13. The van der Waals surface area contributed by atoms with Crippen molar-refractivity contribution in [1.29, 1.82) is 0 Å². The topological polar surface area (TPSA) is 156 Å². The third-order valence-corrected chi connectivity index (χ3v) is 6.37. The van der Waals surface area contributed by atoms with Crippen molar-refractivity contribution in [1.82, 2.24) is 0 Å². The van der Waals surface area contributed by atoms with Gasteiger partial charge in [-0.1, -0.05) is 29.5 Å². The molecule has 1 rings (SSSR count). The highest BCUT2D eigenvalue weighted by Gasteiger charge is 2.14. The summed E-state index contributed by atoms with van der Waals surface area (Å²) in [6.07, 6.45) is 0. The lowest BCUT2D eigenvalue weighted by Gasteiger charge is -2.08. The lowest BCUT2D eigenvalue weighted by atomic mass is 10.2. The van der Waals surface area contributed by atoms with Crippen LogP contribution in [0, 0.1) is 6.92 Å². The smallest absolute Gasteiger partial charge is 0.297 e. The van der Waals surface area contributed by atoms with Gasteiger partial charge in [0.05, 0.1) is 104 Å². The van der Waals surface area contributed by atoms with Crippen molar-refractivity contribution in [3.8, 4) is 0 Å². The molecule has 0 fully saturated rings. The molecule has 0 atom stereocenters. The number of aliphatic hydroxyl groups is 2. The Hall–Kier alpha value is -1.17. The van der Waals surface area contributed by atoms with Gasteiger partial charge in [-0.15, -0.1) is 0 Å². The molecule has 0 unspecified atom stereocenters. The molecule has 0 aliphatic carbocycles. The number of ether oxygens (including phenoxy) is 6. The van der Waals surface area contributed by atoms with Crippen LogP contribution in [0.15, 0.2) is 29.2 Å². The van der Waals surface area contributed by atoms with Crippen LogP contribution < -0.4 is 0 Å². The van der Waals surface area contributed by atoms with Gasteiger partial charge in [-0.3, -0.25) is 8.98 Å². The molecular weight excluding hydrogens is 556 g/mol. The number of rotatable bonds is 24. The molecule has 0 aliphatic rings. The standard InChI is InChI=1S/C15H24O7S.C10H20O5S/c1-14-2-4-15(5-3-14)23(17,18)22-13-12-21-11-10-20-9-8-19-7-6-16;1-10(12)16-9-8-15-7-6-14-5-4-13-3-2-11/h2-5,16H,6-13H2,1H3;11H,2-9H2,1H3. The second-order valence-corrected chi connectivity index (χ2v) is 10.4. The summed E-state index contributed by atoms with van der Waals surface area (Å²) in [6, 6.07) is 6.46. The first-order valence-electron chi connectivity index (χ1n) is 12.6. The maximum absolute atomic E-state index is 11.9. The summed E-state index contributed by atoms with van der Waals surface area (Å²) in [6.45, 7) is 8.38. The minimum absolute atomic E-state index is 0.00535. The van der Waals surface area contributed by atoms with Gasteiger partial charge in [0.1, 0.15) is 0 Å². The van der Waals surface area contributed by atoms with E-state index in [1.807, 2.05) is 6.92 Å². The van der Waals surface area contributed by atoms with E-state index >= 15 is 0 Å². The molecule has 0 saturated heterocycles. The molecule has 1 aromatic carbocycles. The predicted octanol–water partition coefficient (Wildman–Crippen LogP) is 1.05. The normalized spacial score (nSPS) is 11.3. The molecule has 0 bridgehead atoms. The Morgan fingerprint density at radius 2 is 1.05 bits per heavy atom. The first kappa shape index (κ1) is 37.8. The van der Waals surface area contributed by atoms with Crippen molar-refractivity contribution in [3.05, 3.63) is 29.8 Å². The van der Waals surface area contributed by atoms with E-state index in [0.29, 0.717) is 78.4 Å². The van der Waals surface area contributed by atoms with Crippen LogP contribution >= 0.6 is 11.8 Å². The summed E-state index contributed by atoms with van der Waals surface area (Å²) in [5.74, 6) is 0.689. The van der Waals surface area contributed by atoms with E-state index in [1.54, 1.807) is 19.1 Å². The van der Waals surface area contributed by atoms with Gasteiger partial charge in [0, 0.05) is 12.7 Å². The van der Waals surface area contributed by atoms with E-state index in [4.69, 9.17) is 42.8 Å². The van der Waals surface area contributed by atoms with Gasteiger partial charge in [-0.25, -0.2) is 0 Å². The lowest BCUT2D eigenvalue weighted by Crippen LogP contribution is -2.14. The number of aryl methyl sites for hydroxylation is 1. The van der Waals surface area contributed by atoms with Crippen molar-refractivity contribution in [3.63, 3.8) is 0 Å². The fraction of sp³-hybridized carbons (Fsp3) is 0.720. The SMILES string of the molecule is CC(=O)SCCOCCOCCOCCO.Cc1ccc(S(=O)(=O)OCCOCCOCCOCCO)cc1. The van der Waals surface area contributed by atoms with Crippen molar-refractivity contribution < 1.29 is 56.0 Å². The van der Waals surface area contributed by atoms with E-state index in [1.165, 1.54) is 23.9 Å². The highest BCUT2D eigenvalue weighted by Crippen LogP contribution is 2.12. The van der Waals surface area contributed by atoms with Crippen molar-refractivity contribution in [2.45, 2.75) is 18.7 Å². The van der Waals surface area contributed by atoms with Crippen molar-refractivity contribution in [2.24, 2.45) is 0 Å². The molecule has 2 N–H and O–H groups in total. The molecule has 0 spiro atoms. The Labute approximate surface area is 236 Å². The summed E-state index contributed by atoms with van der Waals surface area (Å²) in [4.78, 5) is 10.7. The zero-order valence-corrected chi connectivity index (χ0v) is 24.5. The van der Waals surface area contributed by atoms with Crippen LogP contribution in [0.4, 0.5) is 0 Å². The molecule has 0 aliphatic heterocycles. The van der Waals surface area contributed by atoms with Gasteiger partial charge in [0.25, 0.3) is 10.1 Å². The number of hydrogen-bond donors (Lipinski definition) is 2. The molecular formula is C25H44O12S2. The van der Waals surface area contributed by atoms with Crippen molar-refractivity contribution >= 4 is 27.0 Å². The van der Waals surface area contributed by atoms with Crippen LogP contribution in [0.25, 0.3) is 0 Å². The average molecular weight is 601 g/mol. The van der Waals surface area contributed by atoms with Crippen molar-refractivity contribution in [2.75, 3.05) is 105 Å². The average Bonchev–Trinajstić information content (AvgIpc) is 2.91. The molecule has 0 radical (unpaired) electrons. The third kappa shape index (κ3) is 25.5. The van der Waals surface area contributed by atoms with Gasteiger partial charge in [-0.05, 0) is 19.1 Å². The highest BCUT2D eigenvalue weighted by molar-refractivity contribution is 8.13. The summed E-state index contributed by atoms with van der Waals surface area (Å²) < 4.78 is 59.5. The summed E-state index contributed by atoms with van der Waals surface area (Å²) in [5, 5.41) is 17.0. The molecule has 228 valence electrons. The molecule has 1 aromatic rings. The summed E-state index contributed by atoms with van der Waals surface area (Å²) in [7, 11) is -3.74. The second kappa shape index (κ2) is 27.0. The molecule has 0 amide bonds. The largest absolute Gasteiger partial charge is 0.394 e. The first-order chi connectivity index (χ1) is 18.8. The van der Waals surface area contributed by atoms with Gasteiger partial charge < -0.3 is 38.6 Å². The summed E-state index contributed by atoms with van der Waals surface area (Å²) >= 11 is 1.26. The van der Waals surface area contributed by atoms with Gasteiger partial charge in [0.2, 0.25) is 0 Å². The first-order valence-corrected chi connectivity index (χ1v) is 15.0. The quantitative estimate of drug-likeness (QED) is 0.128. The second-order valence-electron chi connectivity index (χ2n) is 7.55. The van der Waals surface area contributed by atoms with E-state index in [0.717, 1.165) is 5.56 Å². The zero-order chi connectivity index (χ0) is 29.0. The summed E-state index contributed by atoms with van der Waals surface area (Å²) in [5.41, 5.74) is 0.981. The van der Waals surface area contributed by atoms with Gasteiger partial charge in [0.15, 0.2) is 5.12 Å².